The van der Waals surface area contributed by atoms with Crippen molar-refractivity contribution >= 4 is 27.5 Å². The lowest BCUT2D eigenvalue weighted by Gasteiger charge is -2.13. The number of carboxylic acid groups (broad SMARTS) is 1. The number of allylic oxidation sites excluding steroid dienone is 1. The zero-order valence-electron chi connectivity index (χ0n) is 13.1. The van der Waals surface area contributed by atoms with E-state index in [2.05, 4.69) is 15.9 Å². The highest BCUT2D eigenvalue weighted by molar-refractivity contribution is 9.09. The molecule has 1 aromatic rings. The molecule has 0 aliphatic rings. The molecule has 0 aromatic heterocycles. The van der Waals surface area contributed by atoms with Gasteiger partial charge in [-0.1, -0.05) is 47.0 Å². The third-order valence-electron chi connectivity index (χ3n) is 3.31. The fourth-order valence-corrected chi connectivity index (χ4v) is 2.49. The number of methoxy groups -OCH3 is 1. The predicted molar refractivity (Wildman–Crippen MR) is 91.4 cm³/mol. The zero-order chi connectivity index (χ0) is 16.4. The standard InChI is InChI=1S/C17H23BrO4/c1-13(21-2)16(17(19)20)14-9-5-6-10-15(14)22-12-8-4-3-7-11-18/h5-6,9-10H,3-4,7-8,11-12H2,1-2H3,(H,19,20)/b16-13+. The summed E-state index contributed by atoms with van der Waals surface area (Å²) in [6, 6.07) is 7.17. The number of ether oxygens (including phenoxy) is 2. The van der Waals surface area contributed by atoms with Crippen LogP contribution in [0.15, 0.2) is 30.0 Å². The van der Waals surface area contributed by atoms with Gasteiger partial charge in [-0.25, -0.2) is 4.79 Å². The number of carboxylic acids is 1. The maximum atomic E-state index is 11.5. The van der Waals surface area contributed by atoms with Crippen LogP contribution in [0.4, 0.5) is 0 Å². The van der Waals surface area contributed by atoms with Gasteiger partial charge < -0.3 is 14.6 Å². The number of carbonyl (C=O) groups is 1. The Bertz CT molecular complexity index is 511. The van der Waals surface area contributed by atoms with E-state index < -0.39 is 5.97 Å². The summed E-state index contributed by atoms with van der Waals surface area (Å²) in [5.41, 5.74) is 0.687. The fraction of sp³-hybridized carbons (Fsp3) is 0.471. The van der Waals surface area contributed by atoms with E-state index in [1.54, 1.807) is 25.1 Å². The van der Waals surface area contributed by atoms with E-state index in [0.717, 1.165) is 24.6 Å². The van der Waals surface area contributed by atoms with Gasteiger partial charge in [-0.05, 0) is 25.8 Å². The summed E-state index contributed by atoms with van der Waals surface area (Å²) < 4.78 is 10.9. The summed E-state index contributed by atoms with van der Waals surface area (Å²) in [5.74, 6) is -0.0783. The zero-order valence-corrected chi connectivity index (χ0v) is 14.7. The maximum Gasteiger partial charge on any atom is 0.339 e. The van der Waals surface area contributed by atoms with Crippen molar-refractivity contribution in [3.8, 4) is 5.75 Å². The summed E-state index contributed by atoms with van der Waals surface area (Å²) in [6.07, 6.45) is 4.39. The van der Waals surface area contributed by atoms with Crippen LogP contribution in [0.1, 0.15) is 38.2 Å². The molecule has 0 fully saturated rings. The third-order valence-corrected chi connectivity index (χ3v) is 3.87. The van der Waals surface area contributed by atoms with Gasteiger partial charge in [0.05, 0.1) is 13.7 Å². The van der Waals surface area contributed by atoms with Gasteiger partial charge in [0.15, 0.2) is 0 Å². The summed E-state index contributed by atoms with van der Waals surface area (Å²) in [6.45, 7) is 2.22. The second-order valence-corrected chi connectivity index (χ2v) is 5.68. The fourth-order valence-electron chi connectivity index (χ4n) is 2.09. The number of rotatable bonds is 10. The monoisotopic (exact) mass is 370 g/mol. The first kappa shape index (κ1) is 18.6. The summed E-state index contributed by atoms with van der Waals surface area (Å²) in [5, 5.41) is 10.5. The molecule has 0 atom stereocenters. The van der Waals surface area contributed by atoms with Crippen LogP contribution in [-0.4, -0.2) is 30.1 Å². The van der Waals surface area contributed by atoms with Crippen LogP contribution >= 0.6 is 15.9 Å². The Labute approximate surface area is 140 Å². The number of unbranched alkanes of at least 4 members (excludes halogenated alkanes) is 3. The average molecular weight is 371 g/mol. The molecule has 4 nitrogen and oxygen atoms in total. The molecule has 0 heterocycles. The number of hydrogen-bond donors (Lipinski definition) is 1. The van der Waals surface area contributed by atoms with Gasteiger partial charge in [-0.3, -0.25) is 0 Å². The van der Waals surface area contributed by atoms with Gasteiger partial charge in [0.1, 0.15) is 17.1 Å². The minimum absolute atomic E-state index is 0.136. The van der Waals surface area contributed by atoms with Gasteiger partial charge in [-0.2, -0.15) is 0 Å². The van der Waals surface area contributed by atoms with Crippen LogP contribution in [0.25, 0.3) is 5.57 Å². The Morgan fingerprint density at radius 2 is 1.86 bits per heavy atom. The molecule has 1 aromatic carbocycles. The van der Waals surface area contributed by atoms with Crippen molar-refractivity contribution in [1.82, 2.24) is 0 Å². The molecular formula is C17H23BrO4. The Kier molecular flexibility index (Phi) is 8.67. The molecule has 0 aliphatic carbocycles. The molecule has 0 spiro atoms. The molecule has 1 rings (SSSR count). The van der Waals surface area contributed by atoms with Crippen molar-refractivity contribution in [3.63, 3.8) is 0 Å². The second-order valence-electron chi connectivity index (χ2n) is 4.89. The van der Waals surface area contributed by atoms with Crippen molar-refractivity contribution in [1.29, 1.82) is 0 Å². The molecule has 0 aliphatic heterocycles. The van der Waals surface area contributed by atoms with Gasteiger partial charge in [0, 0.05) is 10.9 Å². The topological polar surface area (TPSA) is 55.8 Å². The molecule has 122 valence electrons. The van der Waals surface area contributed by atoms with Crippen LogP contribution in [0.3, 0.4) is 0 Å². The number of benzene rings is 1. The van der Waals surface area contributed by atoms with E-state index in [-0.39, 0.29) is 5.57 Å². The number of para-hydroxylation sites is 1. The molecule has 1 N–H and O–H groups in total. The Morgan fingerprint density at radius 3 is 2.50 bits per heavy atom. The Balaban J connectivity index is 2.79. The summed E-state index contributed by atoms with van der Waals surface area (Å²) >= 11 is 3.41. The minimum Gasteiger partial charge on any atom is -0.500 e. The molecule has 0 amide bonds. The van der Waals surface area contributed by atoms with E-state index in [1.165, 1.54) is 13.5 Å². The maximum absolute atomic E-state index is 11.5. The highest BCUT2D eigenvalue weighted by atomic mass is 79.9. The van der Waals surface area contributed by atoms with Crippen molar-refractivity contribution < 1.29 is 19.4 Å². The first-order chi connectivity index (χ1) is 10.6. The molecule has 0 unspecified atom stereocenters. The lowest BCUT2D eigenvalue weighted by Crippen LogP contribution is -2.07. The average Bonchev–Trinajstić information content (AvgIpc) is 2.51. The highest BCUT2D eigenvalue weighted by Gasteiger charge is 2.19. The SMILES string of the molecule is CO/C(C)=C(/C(=O)O)c1ccccc1OCCCCCCBr. The van der Waals surface area contributed by atoms with Gasteiger partial charge in [0.25, 0.3) is 0 Å². The normalized spacial score (nSPS) is 11.8. The van der Waals surface area contributed by atoms with Crippen LogP contribution in [0.5, 0.6) is 5.75 Å². The lowest BCUT2D eigenvalue weighted by molar-refractivity contribution is -0.130. The highest BCUT2D eigenvalue weighted by Crippen LogP contribution is 2.29. The van der Waals surface area contributed by atoms with Crippen LogP contribution < -0.4 is 4.74 Å². The second kappa shape index (κ2) is 10.3. The number of hydrogen-bond acceptors (Lipinski definition) is 3. The lowest BCUT2D eigenvalue weighted by atomic mass is 10.0. The van der Waals surface area contributed by atoms with Crippen LogP contribution in [-0.2, 0) is 9.53 Å². The van der Waals surface area contributed by atoms with E-state index in [9.17, 15) is 9.90 Å². The summed E-state index contributed by atoms with van der Waals surface area (Å²) in [4.78, 5) is 11.5. The van der Waals surface area contributed by atoms with Crippen LogP contribution in [0.2, 0.25) is 0 Å². The first-order valence-corrected chi connectivity index (χ1v) is 8.50. The van der Waals surface area contributed by atoms with E-state index >= 15 is 0 Å². The first-order valence-electron chi connectivity index (χ1n) is 7.38. The number of aliphatic carboxylic acids is 1. The smallest absolute Gasteiger partial charge is 0.339 e. The predicted octanol–water partition coefficient (Wildman–Crippen LogP) is 4.48. The third kappa shape index (κ3) is 5.72. The molecule has 0 radical (unpaired) electrons. The number of alkyl halides is 1. The van der Waals surface area contributed by atoms with E-state index in [0.29, 0.717) is 23.7 Å². The van der Waals surface area contributed by atoms with Crippen molar-refractivity contribution in [2.45, 2.75) is 32.6 Å². The van der Waals surface area contributed by atoms with Gasteiger partial charge in [0.2, 0.25) is 0 Å². The molecule has 5 heteroatoms. The van der Waals surface area contributed by atoms with Crippen molar-refractivity contribution in [3.05, 3.63) is 35.6 Å². The van der Waals surface area contributed by atoms with Crippen LogP contribution in [0, 0.1) is 0 Å². The van der Waals surface area contributed by atoms with E-state index in [4.69, 9.17) is 9.47 Å². The van der Waals surface area contributed by atoms with Crippen molar-refractivity contribution in [2.24, 2.45) is 0 Å². The largest absolute Gasteiger partial charge is 0.500 e. The van der Waals surface area contributed by atoms with Crippen molar-refractivity contribution in [2.75, 3.05) is 19.0 Å². The molecular weight excluding hydrogens is 348 g/mol. The van der Waals surface area contributed by atoms with E-state index in [1.807, 2.05) is 6.07 Å². The summed E-state index contributed by atoms with van der Waals surface area (Å²) in [7, 11) is 1.46. The minimum atomic E-state index is -1.02. The van der Waals surface area contributed by atoms with Gasteiger partial charge in [-0.15, -0.1) is 0 Å². The molecule has 22 heavy (non-hydrogen) atoms. The Morgan fingerprint density at radius 1 is 1.18 bits per heavy atom. The molecule has 0 bridgehead atoms. The van der Waals surface area contributed by atoms with Gasteiger partial charge >= 0.3 is 5.97 Å². The molecule has 0 saturated heterocycles. The quantitative estimate of drug-likeness (QED) is 0.285. The molecule has 0 saturated carbocycles. The number of halogens is 1. The Hall–Kier alpha value is -1.49.